The van der Waals surface area contributed by atoms with Gasteiger partial charge in [-0.05, 0) is 41.4 Å². The van der Waals surface area contributed by atoms with E-state index in [-0.39, 0.29) is 31.2 Å². The number of halogens is 5. The Balaban J connectivity index is 0.00000338. The summed E-state index contributed by atoms with van der Waals surface area (Å²) in [6.07, 6.45) is -1.24. The van der Waals surface area contributed by atoms with Crippen LogP contribution in [0.2, 0.25) is 0 Å². The number of carbonyl (C=O) groups excluding carboxylic acids is 1. The number of hydrogen-bond donors (Lipinski definition) is 1. The molecule has 1 aromatic carbocycles. The highest BCUT2D eigenvalue weighted by atomic mass is 35.5. The van der Waals surface area contributed by atoms with E-state index in [1.165, 1.54) is 19.4 Å². The summed E-state index contributed by atoms with van der Waals surface area (Å²) in [5, 5.41) is 3.05. The van der Waals surface area contributed by atoms with Crippen molar-refractivity contribution in [2.24, 2.45) is 0 Å². The van der Waals surface area contributed by atoms with E-state index in [2.05, 4.69) is 15.0 Å². The van der Waals surface area contributed by atoms with Crippen molar-refractivity contribution in [2.75, 3.05) is 13.7 Å². The first-order valence-electron chi connectivity index (χ1n) is 7.77. The Morgan fingerprint density at radius 3 is 2.48 bits per heavy atom. The maximum absolute atomic E-state index is 13.0. The largest absolute Gasteiger partial charge is 0.469 e. The molecule has 0 atom stereocenters. The first-order valence-corrected chi connectivity index (χ1v) is 7.77. The number of rotatable bonds is 6. The number of nitrogens with zero attached hydrogens (tertiary/aromatic N) is 1. The highest BCUT2D eigenvalue weighted by Gasteiger charge is 2.31. The maximum atomic E-state index is 13.0. The minimum atomic E-state index is -4.40. The molecule has 0 amide bonds. The second-order valence-corrected chi connectivity index (χ2v) is 5.48. The van der Waals surface area contributed by atoms with Gasteiger partial charge in [0.05, 0.1) is 19.1 Å². The number of carbonyl (C=O) groups is 1. The summed E-state index contributed by atoms with van der Waals surface area (Å²) in [6.45, 7) is 2.82. The van der Waals surface area contributed by atoms with E-state index < -0.39 is 17.7 Å². The van der Waals surface area contributed by atoms with Crippen molar-refractivity contribution < 1.29 is 22.7 Å². The molecule has 0 unspecified atom stereocenters. The first kappa shape index (κ1) is 25.2. The van der Waals surface area contributed by atoms with Crippen molar-refractivity contribution in [3.63, 3.8) is 0 Å². The third-order valence-electron chi connectivity index (χ3n) is 3.68. The highest BCUT2D eigenvalue weighted by molar-refractivity contribution is 5.85. The molecule has 1 heterocycles. The van der Waals surface area contributed by atoms with Crippen LogP contribution in [0.3, 0.4) is 0 Å². The van der Waals surface area contributed by atoms with Crippen LogP contribution in [0.25, 0.3) is 11.1 Å². The molecule has 0 radical (unpaired) electrons. The minimum Gasteiger partial charge on any atom is -0.469 e. The smallest absolute Gasteiger partial charge is 0.416 e. The van der Waals surface area contributed by atoms with E-state index in [4.69, 9.17) is 0 Å². The Labute approximate surface area is 168 Å². The third kappa shape index (κ3) is 7.01. The van der Waals surface area contributed by atoms with E-state index in [0.29, 0.717) is 35.3 Å². The number of pyridine rings is 1. The Hall–Kier alpha value is -1.83. The standard InChI is InChI=1S/C18H19F3N2O2.2ClH/c1-3-22-10-14-8-15(18(19,20)21)4-5-16(14)13-6-12(9-23-11-13)7-17(24)25-2;;/h4-6,8-9,11,22H,3,7,10H2,1-2H3;2*1H. The van der Waals surface area contributed by atoms with Gasteiger partial charge in [0, 0.05) is 24.5 Å². The predicted molar refractivity (Wildman–Crippen MR) is 102 cm³/mol. The number of esters is 1. The lowest BCUT2D eigenvalue weighted by Gasteiger charge is -2.14. The van der Waals surface area contributed by atoms with E-state index >= 15 is 0 Å². The number of ether oxygens (including phenoxy) is 1. The average Bonchev–Trinajstić information content (AvgIpc) is 2.59. The third-order valence-corrected chi connectivity index (χ3v) is 3.68. The fraction of sp³-hybridized carbons (Fsp3) is 0.333. The van der Waals surface area contributed by atoms with Crippen molar-refractivity contribution in [2.45, 2.75) is 26.1 Å². The lowest BCUT2D eigenvalue weighted by atomic mass is 9.97. The number of aromatic nitrogens is 1. The van der Waals surface area contributed by atoms with Crippen LogP contribution in [-0.2, 0) is 28.7 Å². The molecule has 1 N–H and O–H groups in total. The van der Waals surface area contributed by atoms with Gasteiger partial charge >= 0.3 is 12.1 Å². The van der Waals surface area contributed by atoms with Gasteiger partial charge in [-0.25, -0.2) is 0 Å². The van der Waals surface area contributed by atoms with Crippen LogP contribution >= 0.6 is 24.8 Å². The molecule has 2 rings (SSSR count). The van der Waals surface area contributed by atoms with Gasteiger partial charge in [0.15, 0.2) is 0 Å². The van der Waals surface area contributed by atoms with Crippen LogP contribution in [0.15, 0.2) is 36.7 Å². The quantitative estimate of drug-likeness (QED) is 0.696. The molecule has 0 aliphatic heterocycles. The first-order chi connectivity index (χ1) is 11.8. The van der Waals surface area contributed by atoms with E-state index in [1.54, 1.807) is 12.3 Å². The van der Waals surface area contributed by atoms with Crippen molar-refractivity contribution >= 4 is 30.8 Å². The fourth-order valence-electron chi connectivity index (χ4n) is 2.43. The minimum absolute atomic E-state index is 0. The molecule has 1 aromatic heterocycles. The van der Waals surface area contributed by atoms with Crippen LogP contribution in [0.1, 0.15) is 23.6 Å². The molecule has 0 aliphatic rings. The zero-order valence-corrected chi connectivity index (χ0v) is 16.4. The van der Waals surface area contributed by atoms with Crippen molar-refractivity contribution in [1.29, 1.82) is 0 Å². The molecule has 27 heavy (non-hydrogen) atoms. The Morgan fingerprint density at radius 2 is 1.89 bits per heavy atom. The average molecular weight is 425 g/mol. The van der Waals surface area contributed by atoms with E-state index in [0.717, 1.165) is 12.1 Å². The van der Waals surface area contributed by atoms with Gasteiger partial charge in [-0.1, -0.05) is 13.0 Å². The molecule has 150 valence electrons. The molecule has 0 fully saturated rings. The summed E-state index contributed by atoms with van der Waals surface area (Å²) in [6, 6.07) is 5.37. The molecule has 0 spiro atoms. The molecule has 0 aliphatic carbocycles. The molecule has 2 aromatic rings. The van der Waals surface area contributed by atoms with Crippen LogP contribution in [-0.4, -0.2) is 24.6 Å². The zero-order chi connectivity index (χ0) is 18.4. The van der Waals surface area contributed by atoms with Gasteiger partial charge in [0.1, 0.15) is 0 Å². The Kier molecular flexibility index (Phi) is 10.4. The summed E-state index contributed by atoms with van der Waals surface area (Å²) >= 11 is 0. The molecular formula is C18H21Cl2F3N2O2. The Morgan fingerprint density at radius 1 is 1.19 bits per heavy atom. The summed E-state index contributed by atoms with van der Waals surface area (Å²) in [5.74, 6) is -0.403. The van der Waals surface area contributed by atoms with Crippen LogP contribution in [0.4, 0.5) is 13.2 Å². The van der Waals surface area contributed by atoms with Gasteiger partial charge in [-0.3, -0.25) is 9.78 Å². The molecule has 0 bridgehead atoms. The summed E-state index contributed by atoms with van der Waals surface area (Å²) < 4.78 is 43.6. The molecule has 4 nitrogen and oxygen atoms in total. The summed E-state index contributed by atoms with van der Waals surface area (Å²) in [5.41, 5.74) is 1.77. The van der Waals surface area contributed by atoms with Gasteiger partial charge in [0.2, 0.25) is 0 Å². The van der Waals surface area contributed by atoms with Crippen molar-refractivity contribution in [3.8, 4) is 11.1 Å². The van der Waals surface area contributed by atoms with Crippen LogP contribution in [0, 0.1) is 0 Å². The van der Waals surface area contributed by atoms with Gasteiger partial charge in [-0.2, -0.15) is 13.2 Å². The number of hydrogen-bond acceptors (Lipinski definition) is 4. The predicted octanol–water partition coefficient (Wildman–Crippen LogP) is 4.44. The zero-order valence-electron chi connectivity index (χ0n) is 14.8. The van der Waals surface area contributed by atoms with Crippen LogP contribution < -0.4 is 5.32 Å². The van der Waals surface area contributed by atoms with Crippen LogP contribution in [0.5, 0.6) is 0 Å². The summed E-state index contributed by atoms with van der Waals surface area (Å²) in [7, 11) is 1.30. The fourth-order valence-corrected chi connectivity index (χ4v) is 2.43. The van der Waals surface area contributed by atoms with E-state index in [1.807, 2.05) is 6.92 Å². The van der Waals surface area contributed by atoms with E-state index in [9.17, 15) is 18.0 Å². The van der Waals surface area contributed by atoms with Gasteiger partial charge in [0.25, 0.3) is 0 Å². The normalized spacial score (nSPS) is 10.6. The lowest BCUT2D eigenvalue weighted by molar-refractivity contribution is -0.140. The second-order valence-electron chi connectivity index (χ2n) is 5.48. The van der Waals surface area contributed by atoms with Crippen molar-refractivity contribution in [3.05, 3.63) is 53.3 Å². The lowest BCUT2D eigenvalue weighted by Crippen LogP contribution is -2.14. The number of methoxy groups -OCH3 is 1. The monoisotopic (exact) mass is 424 g/mol. The number of alkyl halides is 3. The SMILES string of the molecule is CCNCc1cc(C(F)(F)F)ccc1-c1cncc(CC(=O)OC)c1.Cl.Cl. The molecule has 0 saturated heterocycles. The van der Waals surface area contributed by atoms with Gasteiger partial charge in [-0.15, -0.1) is 24.8 Å². The number of nitrogens with one attached hydrogen (secondary N) is 1. The molecule has 9 heteroatoms. The van der Waals surface area contributed by atoms with Gasteiger partial charge < -0.3 is 10.1 Å². The second kappa shape index (κ2) is 11.1. The summed E-state index contributed by atoms with van der Waals surface area (Å²) in [4.78, 5) is 15.5. The molecule has 0 saturated carbocycles. The topological polar surface area (TPSA) is 51.2 Å². The maximum Gasteiger partial charge on any atom is 0.416 e. The molecular weight excluding hydrogens is 404 g/mol. The van der Waals surface area contributed by atoms with Crippen molar-refractivity contribution in [1.82, 2.24) is 10.3 Å². The Bertz CT molecular complexity index is 756. The highest BCUT2D eigenvalue weighted by Crippen LogP contribution is 2.33. The number of benzene rings is 1.